The minimum Gasteiger partial charge on any atom is -0.493 e. The van der Waals surface area contributed by atoms with Gasteiger partial charge in [-0.15, -0.1) is 0 Å². The SMILES string of the molecule is COc1cc(/C=N/O)cc(I)c1OC(C)=O. The summed E-state index contributed by atoms with van der Waals surface area (Å²) in [5, 5.41) is 11.4. The third-order valence-corrected chi connectivity index (χ3v) is 2.51. The highest BCUT2D eigenvalue weighted by Crippen LogP contribution is 2.33. The Bertz CT molecular complexity index is 431. The Morgan fingerprint density at radius 1 is 1.56 bits per heavy atom. The molecule has 0 aliphatic carbocycles. The molecular formula is C10H10INO4. The summed E-state index contributed by atoms with van der Waals surface area (Å²) >= 11 is 2.01. The molecule has 0 saturated heterocycles. The van der Waals surface area contributed by atoms with Gasteiger partial charge in [0, 0.05) is 12.5 Å². The van der Waals surface area contributed by atoms with Gasteiger partial charge in [0.1, 0.15) is 0 Å². The number of rotatable bonds is 3. The van der Waals surface area contributed by atoms with Crippen molar-refractivity contribution in [3.05, 3.63) is 21.3 Å². The van der Waals surface area contributed by atoms with E-state index in [2.05, 4.69) is 5.16 Å². The van der Waals surface area contributed by atoms with Gasteiger partial charge in [-0.2, -0.15) is 0 Å². The lowest BCUT2D eigenvalue weighted by molar-refractivity contribution is -0.132. The molecule has 0 aromatic heterocycles. The van der Waals surface area contributed by atoms with Crippen LogP contribution in [-0.4, -0.2) is 24.5 Å². The van der Waals surface area contributed by atoms with Crippen LogP contribution in [0.1, 0.15) is 12.5 Å². The summed E-state index contributed by atoms with van der Waals surface area (Å²) in [6.07, 6.45) is 1.27. The molecule has 0 fully saturated rings. The second-order valence-corrected chi connectivity index (χ2v) is 4.03. The fourth-order valence-electron chi connectivity index (χ4n) is 1.12. The number of oxime groups is 1. The summed E-state index contributed by atoms with van der Waals surface area (Å²) in [5.74, 6) is 0.363. The average molecular weight is 335 g/mol. The highest BCUT2D eigenvalue weighted by molar-refractivity contribution is 14.1. The van der Waals surface area contributed by atoms with Crippen LogP contribution in [0, 0.1) is 3.57 Å². The fourth-order valence-corrected chi connectivity index (χ4v) is 1.86. The lowest BCUT2D eigenvalue weighted by Crippen LogP contribution is -2.05. The maximum absolute atomic E-state index is 10.9. The largest absolute Gasteiger partial charge is 0.493 e. The average Bonchev–Trinajstić information content (AvgIpc) is 2.21. The van der Waals surface area contributed by atoms with Crippen molar-refractivity contribution in [1.29, 1.82) is 0 Å². The summed E-state index contributed by atoms with van der Waals surface area (Å²) in [7, 11) is 1.47. The van der Waals surface area contributed by atoms with Gasteiger partial charge >= 0.3 is 5.97 Å². The van der Waals surface area contributed by atoms with E-state index >= 15 is 0 Å². The van der Waals surface area contributed by atoms with E-state index in [0.717, 1.165) is 0 Å². The van der Waals surface area contributed by atoms with Crippen LogP contribution in [0.15, 0.2) is 17.3 Å². The molecule has 1 N–H and O–H groups in total. The van der Waals surface area contributed by atoms with Crippen LogP contribution in [0.25, 0.3) is 0 Å². The first-order chi connectivity index (χ1) is 7.58. The van der Waals surface area contributed by atoms with Crippen molar-refractivity contribution in [3.8, 4) is 11.5 Å². The van der Waals surface area contributed by atoms with E-state index in [1.54, 1.807) is 12.1 Å². The quantitative estimate of drug-likeness (QED) is 0.229. The first kappa shape index (κ1) is 12.8. The summed E-state index contributed by atoms with van der Waals surface area (Å²) in [5.41, 5.74) is 0.652. The summed E-state index contributed by atoms with van der Waals surface area (Å²) in [6, 6.07) is 3.32. The monoisotopic (exact) mass is 335 g/mol. The Kier molecular flexibility index (Phi) is 4.53. The van der Waals surface area contributed by atoms with Gasteiger partial charge in [-0.25, -0.2) is 0 Å². The lowest BCUT2D eigenvalue weighted by Gasteiger charge is -2.10. The zero-order chi connectivity index (χ0) is 12.1. The van der Waals surface area contributed by atoms with Gasteiger partial charge in [0.15, 0.2) is 11.5 Å². The van der Waals surface area contributed by atoms with E-state index in [9.17, 15) is 4.79 Å². The lowest BCUT2D eigenvalue weighted by atomic mass is 10.2. The second-order valence-electron chi connectivity index (χ2n) is 2.87. The van der Waals surface area contributed by atoms with Gasteiger partial charge in [-0.05, 0) is 34.7 Å². The van der Waals surface area contributed by atoms with Gasteiger partial charge in [0.25, 0.3) is 0 Å². The maximum atomic E-state index is 10.9. The first-order valence-corrected chi connectivity index (χ1v) is 5.39. The van der Waals surface area contributed by atoms with Crippen LogP contribution in [0.4, 0.5) is 0 Å². The molecule has 1 aromatic rings. The molecule has 0 saturated carbocycles. The summed E-state index contributed by atoms with van der Waals surface area (Å²) in [6.45, 7) is 1.32. The molecule has 0 heterocycles. The summed E-state index contributed by atoms with van der Waals surface area (Å²) < 4.78 is 10.8. The zero-order valence-electron chi connectivity index (χ0n) is 8.73. The highest BCUT2D eigenvalue weighted by Gasteiger charge is 2.12. The molecule has 16 heavy (non-hydrogen) atoms. The fraction of sp³-hybridized carbons (Fsp3) is 0.200. The molecule has 86 valence electrons. The number of nitrogens with zero attached hydrogens (tertiary/aromatic N) is 1. The number of carbonyl (C=O) groups is 1. The molecule has 0 radical (unpaired) electrons. The number of esters is 1. The van der Waals surface area contributed by atoms with Crippen molar-refractivity contribution in [1.82, 2.24) is 0 Å². The number of methoxy groups -OCH3 is 1. The van der Waals surface area contributed by atoms with Gasteiger partial charge in [0.05, 0.1) is 16.9 Å². The Hall–Kier alpha value is -1.31. The number of hydrogen-bond donors (Lipinski definition) is 1. The van der Waals surface area contributed by atoms with Gasteiger partial charge < -0.3 is 14.7 Å². The van der Waals surface area contributed by atoms with Crippen LogP contribution < -0.4 is 9.47 Å². The molecule has 0 unspecified atom stereocenters. The van der Waals surface area contributed by atoms with E-state index in [1.807, 2.05) is 22.6 Å². The number of benzene rings is 1. The number of ether oxygens (including phenoxy) is 2. The predicted molar refractivity (Wildman–Crippen MR) is 66.4 cm³/mol. The van der Waals surface area contributed by atoms with Crippen molar-refractivity contribution < 1.29 is 19.5 Å². The van der Waals surface area contributed by atoms with Crippen LogP contribution >= 0.6 is 22.6 Å². The van der Waals surface area contributed by atoms with Crippen molar-refractivity contribution in [3.63, 3.8) is 0 Å². The van der Waals surface area contributed by atoms with Crippen LogP contribution in [-0.2, 0) is 4.79 Å². The first-order valence-electron chi connectivity index (χ1n) is 4.32. The van der Waals surface area contributed by atoms with Crippen molar-refractivity contribution in [2.75, 3.05) is 7.11 Å². The van der Waals surface area contributed by atoms with E-state index in [-0.39, 0.29) is 0 Å². The van der Waals surface area contributed by atoms with Gasteiger partial charge in [-0.1, -0.05) is 5.16 Å². The molecule has 0 bridgehead atoms. The molecule has 5 nitrogen and oxygen atoms in total. The molecule has 0 spiro atoms. The third-order valence-electron chi connectivity index (χ3n) is 1.70. The number of carbonyl (C=O) groups excluding carboxylic acids is 1. The molecule has 0 amide bonds. The normalized spacial score (nSPS) is 10.4. The van der Waals surface area contributed by atoms with Gasteiger partial charge in [0.2, 0.25) is 0 Å². The van der Waals surface area contributed by atoms with E-state index < -0.39 is 5.97 Å². The molecule has 0 atom stereocenters. The molecule has 0 aliphatic rings. The maximum Gasteiger partial charge on any atom is 0.308 e. The Morgan fingerprint density at radius 3 is 2.75 bits per heavy atom. The molecule has 6 heteroatoms. The minimum atomic E-state index is -0.417. The Balaban J connectivity index is 3.22. The van der Waals surface area contributed by atoms with Crippen molar-refractivity contribution >= 4 is 34.8 Å². The van der Waals surface area contributed by atoms with E-state index in [0.29, 0.717) is 20.6 Å². The molecular weight excluding hydrogens is 325 g/mol. The Morgan fingerprint density at radius 2 is 2.25 bits per heavy atom. The van der Waals surface area contributed by atoms with Crippen molar-refractivity contribution in [2.24, 2.45) is 5.16 Å². The Labute approximate surface area is 106 Å². The topological polar surface area (TPSA) is 68.1 Å². The summed E-state index contributed by atoms with van der Waals surface area (Å²) in [4.78, 5) is 10.9. The van der Waals surface area contributed by atoms with Gasteiger partial charge in [-0.3, -0.25) is 4.79 Å². The smallest absolute Gasteiger partial charge is 0.308 e. The van der Waals surface area contributed by atoms with Crippen LogP contribution in [0.3, 0.4) is 0 Å². The minimum absolute atomic E-state index is 0.366. The van der Waals surface area contributed by atoms with Crippen molar-refractivity contribution in [2.45, 2.75) is 6.92 Å². The van der Waals surface area contributed by atoms with Crippen LogP contribution in [0.2, 0.25) is 0 Å². The zero-order valence-corrected chi connectivity index (χ0v) is 10.9. The molecule has 0 aliphatic heterocycles. The predicted octanol–water partition coefficient (Wildman–Crippen LogP) is 2.03. The number of hydrogen-bond acceptors (Lipinski definition) is 5. The second kappa shape index (κ2) is 5.69. The molecule has 1 aromatic carbocycles. The molecule has 1 rings (SSSR count). The third kappa shape index (κ3) is 3.09. The van der Waals surface area contributed by atoms with E-state index in [4.69, 9.17) is 14.7 Å². The van der Waals surface area contributed by atoms with Crippen LogP contribution in [0.5, 0.6) is 11.5 Å². The number of halogens is 1. The van der Waals surface area contributed by atoms with E-state index in [1.165, 1.54) is 20.2 Å². The highest BCUT2D eigenvalue weighted by atomic mass is 127. The standard InChI is InChI=1S/C10H10INO4/c1-6(13)16-10-8(11)3-7(5-12-14)4-9(10)15-2/h3-5,14H,1-2H3/b12-5+.